The molecule has 0 atom stereocenters. The van der Waals surface area contributed by atoms with Crippen LogP contribution in [0.3, 0.4) is 0 Å². The Morgan fingerprint density at radius 2 is 2.07 bits per heavy atom. The third-order valence-corrected chi connectivity index (χ3v) is 2.15. The van der Waals surface area contributed by atoms with E-state index in [1.165, 1.54) is 5.56 Å². The van der Waals surface area contributed by atoms with Gasteiger partial charge >= 0.3 is 0 Å². The number of aliphatic hydroxyl groups excluding tert-OH is 1. The van der Waals surface area contributed by atoms with Crippen LogP contribution in [-0.4, -0.2) is 14.9 Å². The Bertz CT molecular complexity index is 459. The maximum Gasteiger partial charge on any atom is 0.118 e. The van der Waals surface area contributed by atoms with Gasteiger partial charge < -0.3 is 5.11 Å². The van der Waals surface area contributed by atoms with Gasteiger partial charge in [-0.05, 0) is 5.56 Å². The van der Waals surface area contributed by atoms with Crippen LogP contribution >= 0.6 is 0 Å². The van der Waals surface area contributed by atoms with E-state index >= 15 is 0 Å². The van der Waals surface area contributed by atoms with E-state index in [1.807, 2.05) is 30.3 Å². The Morgan fingerprint density at radius 3 is 2.67 bits per heavy atom. The number of benzene rings is 1. The molecule has 1 aromatic heterocycles. The van der Waals surface area contributed by atoms with Gasteiger partial charge in [-0.1, -0.05) is 36.9 Å². The summed E-state index contributed by atoms with van der Waals surface area (Å²) in [4.78, 5) is 0. The molecule has 76 valence electrons. The van der Waals surface area contributed by atoms with E-state index in [2.05, 4.69) is 11.7 Å². The fourth-order valence-electron chi connectivity index (χ4n) is 1.37. The molecule has 3 nitrogen and oxygen atoms in total. The molecule has 0 spiro atoms. The van der Waals surface area contributed by atoms with Crippen LogP contribution in [0.25, 0.3) is 5.76 Å². The Hall–Kier alpha value is -2.03. The molecule has 0 aliphatic carbocycles. The molecular formula is C12H12N2O. The minimum Gasteiger partial charge on any atom is -0.508 e. The minimum absolute atomic E-state index is 0.0503. The van der Waals surface area contributed by atoms with E-state index in [1.54, 1.807) is 17.1 Å². The topological polar surface area (TPSA) is 38.1 Å². The molecular weight excluding hydrogens is 188 g/mol. The van der Waals surface area contributed by atoms with Crippen molar-refractivity contribution in [1.82, 2.24) is 9.78 Å². The number of aromatic nitrogens is 2. The quantitative estimate of drug-likeness (QED) is 0.773. The van der Waals surface area contributed by atoms with Gasteiger partial charge in [-0.2, -0.15) is 5.10 Å². The molecule has 2 rings (SSSR count). The number of hydrogen-bond acceptors (Lipinski definition) is 2. The lowest BCUT2D eigenvalue weighted by Crippen LogP contribution is -1.99. The van der Waals surface area contributed by atoms with E-state index in [0.29, 0.717) is 12.1 Å². The molecule has 1 N–H and O–H groups in total. The summed E-state index contributed by atoms with van der Waals surface area (Å²) >= 11 is 0. The standard InChI is InChI=1S/C12H12N2O/c1-10(15)12-7-13-14(9-12)8-11-5-3-2-4-6-11/h2-7,9,15H,1,8H2. The van der Waals surface area contributed by atoms with Crippen LogP contribution in [0.2, 0.25) is 0 Å². The van der Waals surface area contributed by atoms with E-state index < -0.39 is 0 Å². The van der Waals surface area contributed by atoms with Gasteiger partial charge in [0.25, 0.3) is 0 Å². The van der Waals surface area contributed by atoms with Crippen molar-refractivity contribution < 1.29 is 5.11 Å². The van der Waals surface area contributed by atoms with Gasteiger partial charge in [0, 0.05) is 6.20 Å². The maximum absolute atomic E-state index is 9.16. The Morgan fingerprint density at radius 1 is 1.33 bits per heavy atom. The summed E-state index contributed by atoms with van der Waals surface area (Å²) in [5.41, 5.74) is 1.83. The molecule has 3 heteroatoms. The first-order valence-electron chi connectivity index (χ1n) is 4.70. The lowest BCUT2D eigenvalue weighted by atomic mass is 10.2. The molecule has 0 fully saturated rings. The van der Waals surface area contributed by atoms with Crippen molar-refractivity contribution in [2.45, 2.75) is 6.54 Å². The van der Waals surface area contributed by atoms with Gasteiger partial charge in [-0.3, -0.25) is 4.68 Å². The van der Waals surface area contributed by atoms with E-state index in [-0.39, 0.29) is 5.76 Å². The van der Waals surface area contributed by atoms with Crippen molar-refractivity contribution in [3.05, 3.63) is 60.4 Å². The Labute approximate surface area is 88.3 Å². The van der Waals surface area contributed by atoms with Crippen molar-refractivity contribution in [3.63, 3.8) is 0 Å². The second-order valence-corrected chi connectivity index (χ2v) is 3.36. The Kier molecular flexibility index (Phi) is 2.54. The summed E-state index contributed by atoms with van der Waals surface area (Å²) in [6.07, 6.45) is 3.38. The van der Waals surface area contributed by atoms with Gasteiger partial charge in [-0.25, -0.2) is 0 Å². The number of aliphatic hydroxyl groups is 1. The van der Waals surface area contributed by atoms with Crippen LogP contribution in [0, 0.1) is 0 Å². The number of hydrogen-bond donors (Lipinski definition) is 1. The predicted molar refractivity (Wildman–Crippen MR) is 59.4 cm³/mol. The average Bonchev–Trinajstić information content (AvgIpc) is 2.68. The third kappa shape index (κ3) is 2.26. The summed E-state index contributed by atoms with van der Waals surface area (Å²) in [6.45, 7) is 4.15. The van der Waals surface area contributed by atoms with Gasteiger partial charge in [0.05, 0.1) is 18.3 Å². The summed E-state index contributed by atoms with van der Waals surface area (Å²) in [6, 6.07) is 10.0. The van der Waals surface area contributed by atoms with Crippen molar-refractivity contribution in [2.24, 2.45) is 0 Å². The highest BCUT2D eigenvalue weighted by atomic mass is 16.3. The predicted octanol–water partition coefficient (Wildman–Crippen LogP) is 2.46. The molecule has 0 aliphatic rings. The van der Waals surface area contributed by atoms with Crippen LogP contribution in [0.4, 0.5) is 0 Å². The number of rotatable bonds is 3. The van der Waals surface area contributed by atoms with Gasteiger partial charge in [0.15, 0.2) is 0 Å². The second kappa shape index (κ2) is 4.00. The molecule has 0 unspecified atom stereocenters. The first-order chi connectivity index (χ1) is 7.25. The monoisotopic (exact) mass is 200 g/mol. The highest BCUT2D eigenvalue weighted by Crippen LogP contribution is 2.08. The lowest BCUT2D eigenvalue weighted by Gasteiger charge is -2.00. The molecule has 1 aromatic carbocycles. The second-order valence-electron chi connectivity index (χ2n) is 3.36. The zero-order valence-electron chi connectivity index (χ0n) is 8.30. The van der Waals surface area contributed by atoms with Crippen LogP contribution in [0.1, 0.15) is 11.1 Å². The van der Waals surface area contributed by atoms with E-state index in [9.17, 15) is 0 Å². The van der Waals surface area contributed by atoms with Gasteiger partial charge in [0.1, 0.15) is 5.76 Å². The van der Waals surface area contributed by atoms with Crippen LogP contribution in [0.5, 0.6) is 0 Å². The highest BCUT2D eigenvalue weighted by Gasteiger charge is 2.00. The molecule has 0 radical (unpaired) electrons. The van der Waals surface area contributed by atoms with Crippen LogP contribution < -0.4 is 0 Å². The van der Waals surface area contributed by atoms with Crippen molar-refractivity contribution >= 4 is 5.76 Å². The first-order valence-corrected chi connectivity index (χ1v) is 4.70. The first kappa shape index (κ1) is 9.52. The maximum atomic E-state index is 9.16. The molecule has 0 bridgehead atoms. The molecule has 0 saturated carbocycles. The van der Waals surface area contributed by atoms with Crippen molar-refractivity contribution in [1.29, 1.82) is 0 Å². The lowest BCUT2D eigenvalue weighted by molar-refractivity contribution is 0.513. The van der Waals surface area contributed by atoms with Gasteiger partial charge in [0.2, 0.25) is 0 Å². The summed E-state index contributed by atoms with van der Waals surface area (Å²) < 4.78 is 1.77. The molecule has 0 saturated heterocycles. The molecule has 2 aromatic rings. The van der Waals surface area contributed by atoms with Crippen molar-refractivity contribution in [2.75, 3.05) is 0 Å². The average molecular weight is 200 g/mol. The van der Waals surface area contributed by atoms with Gasteiger partial charge in [-0.15, -0.1) is 0 Å². The molecule has 0 aliphatic heterocycles. The van der Waals surface area contributed by atoms with Crippen LogP contribution in [0.15, 0.2) is 49.3 Å². The highest BCUT2D eigenvalue weighted by molar-refractivity contribution is 5.53. The normalized spacial score (nSPS) is 10.1. The fraction of sp³-hybridized carbons (Fsp3) is 0.0833. The Balaban J connectivity index is 2.15. The molecule has 1 heterocycles. The zero-order valence-corrected chi connectivity index (χ0v) is 8.30. The summed E-state index contributed by atoms with van der Waals surface area (Å²) in [5, 5.41) is 13.3. The minimum atomic E-state index is 0.0503. The fourth-order valence-corrected chi connectivity index (χ4v) is 1.37. The van der Waals surface area contributed by atoms with E-state index in [0.717, 1.165) is 0 Å². The molecule has 0 amide bonds. The van der Waals surface area contributed by atoms with E-state index in [4.69, 9.17) is 5.11 Å². The van der Waals surface area contributed by atoms with Crippen molar-refractivity contribution in [3.8, 4) is 0 Å². The number of nitrogens with zero attached hydrogens (tertiary/aromatic N) is 2. The largest absolute Gasteiger partial charge is 0.508 e. The molecule has 15 heavy (non-hydrogen) atoms. The smallest absolute Gasteiger partial charge is 0.118 e. The van der Waals surface area contributed by atoms with Crippen LogP contribution in [-0.2, 0) is 6.54 Å². The summed E-state index contributed by atoms with van der Waals surface area (Å²) in [7, 11) is 0. The SMILES string of the molecule is C=C(O)c1cnn(Cc2ccccc2)c1. The summed E-state index contributed by atoms with van der Waals surface area (Å²) in [5.74, 6) is 0.0503. The zero-order chi connectivity index (χ0) is 10.7. The third-order valence-electron chi connectivity index (χ3n) is 2.15.